The molecule has 0 unspecified atom stereocenters. The van der Waals surface area contributed by atoms with Gasteiger partial charge in [0, 0.05) is 32.7 Å². The van der Waals surface area contributed by atoms with Gasteiger partial charge in [-0.25, -0.2) is 0 Å². The summed E-state index contributed by atoms with van der Waals surface area (Å²) in [6.45, 7) is 4.34. The Morgan fingerprint density at radius 2 is 1.96 bits per heavy atom. The number of benzene rings is 1. The fourth-order valence-corrected chi connectivity index (χ4v) is 4.07. The van der Waals surface area contributed by atoms with Crippen molar-refractivity contribution in [3.63, 3.8) is 0 Å². The van der Waals surface area contributed by atoms with E-state index in [0.29, 0.717) is 11.7 Å². The molecule has 2 heterocycles. The van der Waals surface area contributed by atoms with Crippen molar-refractivity contribution in [3.8, 4) is 5.75 Å². The molecular formula is C22H28N2O3. The predicted octanol–water partition coefficient (Wildman–Crippen LogP) is 3.95. The molecule has 0 bridgehead atoms. The molecule has 1 saturated heterocycles. The van der Waals surface area contributed by atoms with Crippen LogP contribution in [0.2, 0.25) is 0 Å². The van der Waals surface area contributed by atoms with Crippen molar-refractivity contribution in [2.24, 2.45) is 0 Å². The molecule has 4 rings (SSSR count). The molecule has 2 aliphatic rings. The van der Waals surface area contributed by atoms with Crippen molar-refractivity contribution in [1.82, 2.24) is 9.80 Å². The van der Waals surface area contributed by atoms with Crippen LogP contribution < -0.4 is 4.74 Å². The highest BCUT2D eigenvalue weighted by Gasteiger charge is 2.21. The first-order valence-electron chi connectivity index (χ1n) is 10.1. The zero-order valence-electron chi connectivity index (χ0n) is 15.8. The molecule has 0 spiro atoms. The second-order valence-corrected chi connectivity index (χ2v) is 7.61. The Labute approximate surface area is 160 Å². The minimum Gasteiger partial charge on any atom is -0.490 e. The molecule has 1 aliphatic heterocycles. The van der Waals surface area contributed by atoms with Gasteiger partial charge in [0.25, 0.3) is 5.91 Å². The van der Waals surface area contributed by atoms with Gasteiger partial charge in [-0.3, -0.25) is 9.69 Å². The lowest BCUT2D eigenvalue weighted by Gasteiger charge is -2.22. The van der Waals surface area contributed by atoms with Gasteiger partial charge in [0.1, 0.15) is 12.0 Å². The molecule has 5 nitrogen and oxygen atoms in total. The number of nitrogens with zero attached hydrogens (tertiary/aromatic N) is 2. The van der Waals surface area contributed by atoms with Crippen LogP contribution in [0.3, 0.4) is 0 Å². The number of ether oxygens (including phenoxy) is 1. The maximum absolute atomic E-state index is 12.5. The van der Waals surface area contributed by atoms with Crippen LogP contribution in [0.5, 0.6) is 5.75 Å². The highest BCUT2D eigenvalue weighted by Crippen LogP contribution is 2.25. The molecule has 2 aromatic rings. The van der Waals surface area contributed by atoms with Crippen molar-refractivity contribution < 1.29 is 13.9 Å². The molecule has 5 heteroatoms. The normalized spacial score (nSPS) is 19.2. The van der Waals surface area contributed by atoms with E-state index in [0.717, 1.165) is 44.9 Å². The summed E-state index contributed by atoms with van der Waals surface area (Å²) in [5.41, 5.74) is 1.92. The van der Waals surface area contributed by atoms with Crippen LogP contribution >= 0.6 is 0 Å². The second-order valence-electron chi connectivity index (χ2n) is 7.61. The third kappa shape index (κ3) is 4.72. The Morgan fingerprint density at radius 1 is 1.07 bits per heavy atom. The molecule has 1 amide bonds. The second kappa shape index (κ2) is 8.61. The summed E-state index contributed by atoms with van der Waals surface area (Å²) < 4.78 is 11.2. The van der Waals surface area contributed by atoms with Crippen molar-refractivity contribution in [1.29, 1.82) is 0 Å². The van der Waals surface area contributed by atoms with E-state index in [-0.39, 0.29) is 5.91 Å². The van der Waals surface area contributed by atoms with Gasteiger partial charge in [0.05, 0.1) is 17.9 Å². The first-order valence-corrected chi connectivity index (χ1v) is 10.1. The minimum absolute atomic E-state index is 0.0672. The molecule has 1 aliphatic carbocycles. The highest BCUT2D eigenvalue weighted by molar-refractivity contribution is 5.93. The molecule has 0 atom stereocenters. The lowest BCUT2D eigenvalue weighted by molar-refractivity contribution is 0.0760. The fraction of sp³-hybridized carbons (Fsp3) is 0.500. The molecule has 27 heavy (non-hydrogen) atoms. The highest BCUT2D eigenvalue weighted by atomic mass is 16.5. The zero-order valence-corrected chi connectivity index (χ0v) is 15.8. The van der Waals surface area contributed by atoms with Crippen molar-refractivity contribution in [2.45, 2.75) is 44.8 Å². The molecule has 1 aromatic heterocycles. The quantitative estimate of drug-likeness (QED) is 0.802. The van der Waals surface area contributed by atoms with E-state index in [2.05, 4.69) is 29.2 Å². The van der Waals surface area contributed by atoms with Crippen molar-refractivity contribution in [3.05, 3.63) is 54.0 Å². The number of rotatable bonds is 5. The summed E-state index contributed by atoms with van der Waals surface area (Å²) >= 11 is 0. The van der Waals surface area contributed by atoms with Gasteiger partial charge in [-0.1, -0.05) is 12.1 Å². The average Bonchev–Trinajstić information content (AvgIpc) is 3.34. The number of amides is 1. The zero-order chi connectivity index (χ0) is 18.5. The smallest absolute Gasteiger partial charge is 0.257 e. The van der Waals surface area contributed by atoms with Crippen LogP contribution in [0.4, 0.5) is 0 Å². The van der Waals surface area contributed by atoms with E-state index in [1.165, 1.54) is 37.5 Å². The Balaban J connectivity index is 1.32. The minimum atomic E-state index is 0.0672. The topological polar surface area (TPSA) is 45.9 Å². The van der Waals surface area contributed by atoms with Crippen LogP contribution in [-0.2, 0) is 6.54 Å². The van der Waals surface area contributed by atoms with Crippen molar-refractivity contribution in [2.75, 3.05) is 26.2 Å². The maximum Gasteiger partial charge on any atom is 0.257 e. The SMILES string of the molecule is O=C(c1ccoc1)N1CCCN(Cc2cccc(OC3CCCC3)c2)CC1. The fourth-order valence-electron chi connectivity index (χ4n) is 4.07. The van der Waals surface area contributed by atoms with E-state index >= 15 is 0 Å². The Hall–Kier alpha value is -2.27. The summed E-state index contributed by atoms with van der Waals surface area (Å²) in [4.78, 5) is 16.9. The molecule has 2 fully saturated rings. The summed E-state index contributed by atoms with van der Waals surface area (Å²) in [5, 5.41) is 0. The third-order valence-electron chi connectivity index (χ3n) is 5.55. The van der Waals surface area contributed by atoms with E-state index in [1.807, 2.05) is 4.90 Å². The van der Waals surface area contributed by atoms with Gasteiger partial charge in [0.15, 0.2) is 0 Å². The molecule has 144 valence electrons. The van der Waals surface area contributed by atoms with Gasteiger partial charge in [-0.05, 0) is 55.9 Å². The average molecular weight is 368 g/mol. The maximum atomic E-state index is 12.5. The molecule has 0 radical (unpaired) electrons. The summed E-state index contributed by atoms with van der Waals surface area (Å²) in [7, 11) is 0. The Kier molecular flexibility index (Phi) is 5.78. The summed E-state index contributed by atoms with van der Waals surface area (Å²) in [5.74, 6) is 1.06. The number of hydrogen-bond acceptors (Lipinski definition) is 4. The first-order chi connectivity index (χ1) is 13.3. The van der Waals surface area contributed by atoms with Gasteiger partial charge < -0.3 is 14.1 Å². The largest absolute Gasteiger partial charge is 0.490 e. The summed E-state index contributed by atoms with van der Waals surface area (Å²) in [6.07, 6.45) is 9.38. The van der Waals surface area contributed by atoms with Crippen LogP contribution in [0, 0.1) is 0 Å². The van der Waals surface area contributed by atoms with Gasteiger partial charge >= 0.3 is 0 Å². The summed E-state index contributed by atoms with van der Waals surface area (Å²) in [6, 6.07) is 10.2. The van der Waals surface area contributed by atoms with E-state index < -0.39 is 0 Å². The molecule has 1 aromatic carbocycles. The van der Waals surface area contributed by atoms with Gasteiger partial charge in [-0.15, -0.1) is 0 Å². The van der Waals surface area contributed by atoms with Gasteiger partial charge in [0.2, 0.25) is 0 Å². The van der Waals surface area contributed by atoms with E-state index in [9.17, 15) is 4.79 Å². The Bertz CT molecular complexity index is 738. The third-order valence-corrected chi connectivity index (χ3v) is 5.55. The van der Waals surface area contributed by atoms with Gasteiger partial charge in [-0.2, -0.15) is 0 Å². The predicted molar refractivity (Wildman–Crippen MR) is 104 cm³/mol. The first kappa shape index (κ1) is 18.1. The van der Waals surface area contributed by atoms with Crippen LogP contribution in [0.15, 0.2) is 47.3 Å². The Morgan fingerprint density at radius 3 is 2.78 bits per heavy atom. The lowest BCUT2D eigenvalue weighted by atomic mass is 10.2. The monoisotopic (exact) mass is 368 g/mol. The number of hydrogen-bond donors (Lipinski definition) is 0. The lowest BCUT2D eigenvalue weighted by Crippen LogP contribution is -2.34. The molecule has 0 N–H and O–H groups in total. The molecular weight excluding hydrogens is 340 g/mol. The number of carbonyl (C=O) groups excluding carboxylic acids is 1. The number of carbonyl (C=O) groups is 1. The van der Waals surface area contributed by atoms with Crippen LogP contribution in [0.25, 0.3) is 0 Å². The molecule has 1 saturated carbocycles. The van der Waals surface area contributed by atoms with E-state index in [1.54, 1.807) is 12.3 Å². The van der Waals surface area contributed by atoms with Crippen LogP contribution in [0.1, 0.15) is 48.0 Å². The van der Waals surface area contributed by atoms with Crippen LogP contribution in [-0.4, -0.2) is 48.0 Å². The van der Waals surface area contributed by atoms with E-state index in [4.69, 9.17) is 9.15 Å². The van der Waals surface area contributed by atoms with Crippen molar-refractivity contribution >= 4 is 5.91 Å². The number of furan rings is 1. The standard InChI is InChI=1S/C22H28N2O3/c25-22(19-9-14-26-17-19)24-11-4-10-23(12-13-24)16-18-5-3-8-21(15-18)27-20-6-1-2-7-20/h3,5,8-9,14-15,17,20H,1-2,4,6-7,10-13,16H2.